The van der Waals surface area contributed by atoms with Crippen molar-refractivity contribution in [1.29, 1.82) is 0 Å². The van der Waals surface area contributed by atoms with Crippen LogP contribution in [0.5, 0.6) is 0 Å². The monoisotopic (exact) mass is 268 g/mol. The Morgan fingerprint density at radius 1 is 1.47 bits per heavy atom. The molecule has 1 aliphatic rings. The molecule has 0 aromatic heterocycles. The molecule has 0 spiro atoms. The summed E-state index contributed by atoms with van der Waals surface area (Å²) < 4.78 is 1.06. The van der Waals surface area contributed by atoms with Crippen molar-refractivity contribution in [2.24, 2.45) is 5.73 Å². The van der Waals surface area contributed by atoms with Crippen LogP contribution in [0.4, 0.5) is 0 Å². The van der Waals surface area contributed by atoms with Crippen molar-refractivity contribution >= 4 is 21.8 Å². The first-order valence-corrected chi connectivity index (χ1v) is 5.77. The van der Waals surface area contributed by atoms with Gasteiger partial charge in [-0.25, -0.2) is 0 Å². The zero-order chi connectivity index (χ0) is 10.8. The molecule has 3 N–H and O–H groups in total. The molecule has 0 aliphatic carbocycles. The van der Waals surface area contributed by atoms with Crippen molar-refractivity contribution in [3.05, 3.63) is 34.3 Å². The highest BCUT2D eigenvalue weighted by atomic mass is 79.9. The number of nitrogens with one attached hydrogen (secondary N) is 1. The van der Waals surface area contributed by atoms with Gasteiger partial charge in [-0.3, -0.25) is 10.1 Å². The van der Waals surface area contributed by atoms with E-state index in [1.165, 1.54) is 5.56 Å². The highest BCUT2D eigenvalue weighted by Gasteiger charge is 2.28. The van der Waals surface area contributed by atoms with E-state index >= 15 is 0 Å². The normalized spacial score (nSPS) is 25.4. The van der Waals surface area contributed by atoms with E-state index in [1.54, 1.807) is 0 Å². The Hall–Kier alpha value is -0.870. The van der Waals surface area contributed by atoms with Crippen molar-refractivity contribution in [3.8, 4) is 0 Å². The van der Waals surface area contributed by atoms with Crippen molar-refractivity contribution < 1.29 is 4.79 Å². The number of amides is 1. The van der Waals surface area contributed by atoms with Gasteiger partial charge in [0.1, 0.15) is 0 Å². The summed E-state index contributed by atoms with van der Waals surface area (Å²) >= 11 is 3.43. The Bertz CT molecular complexity index is 381. The summed E-state index contributed by atoms with van der Waals surface area (Å²) in [5, 5.41) is 3.24. The molecular formula is C11H13BrN2O. The Labute approximate surface area is 97.2 Å². The largest absolute Gasteiger partial charge is 0.368 e. The first kappa shape index (κ1) is 10.6. The number of hydrogen-bond donors (Lipinski definition) is 2. The first-order chi connectivity index (χ1) is 7.16. The molecule has 2 atom stereocenters. The molecule has 4 heteroatoms. The smallest absolute Gasteiger partial charge is 0.234 e. The highest BCUT2D eigenvalue weighted by Crippen LogP contribution is 2.27. The van der Waals surface area contributed by atoms with E-state index in [4.69, 9.17) is 5.73 Å². The summed E-state index contributed by atoms with van der Waals surface area (Å²) in [5.41, 5.74) is 6.46. The highest BCUT2D eigenvalue weighted by molar-refractivity contribution is 9.10. The Kier molecular flexibility index (Phi) is 3.07. The van der Waals surface area contributed by atoms with Gasteiger partial charge < -0.3 is 5.73 Å². The van der Waals surface area contributed by atoms with Crippen LogP contribution in [-0.4, -0.2) is 11.9 Å². The third-order valence-corrected chi connectivity index (χ3v) is 3.23. The predicted octanol–water partition coefficient (Wildman–Crippen LogP) is 1.73. The molecule has 1 aromatic rings. The summed E-state index contributed by atoms with van der Waals surface area (Å²) in [6, 6.07) is 8.20. The molecule has 1 saturated heterocycles. The quantitative estimate of drug-likeness (QED) is 0.859. The number of primary amides is 1. The van der Waals surface area contributed by atoms with E-state index < -0.39 is 0 Å². The molecule has 0 radical (unpaired) electrons. The van der Waals surface area contributed by atoms with E-state index in [9.17, 15) is 4.79 Å². The lowest BCUT2D eigenvalue weighted by Gasteiger charge is -2.12. The number of carbonyl (C=O) groups excluding carboxylic acids is 1. The number of halogens is 1. The van der Waals surface area contributed by atoms with E-state index in [-0.39, 0.29) is 18.0 Å². The van der Waals surface area contributed by atoms with Crippen molar-refractivity contribution in [1.82, 2.24) is 5.32 Å². The van der Waals surface area contributed by atoms with Gasteiger partial charge in [0.2, 0.25) is 5.91 Å². The van der Waals surface area contributed by atoms with Crippen LogP contribution in [0.25, 0.3) is 0 Å². The lowest BCUT2D eigenvalue weighted by molar-refractivity contribution is -0.119. The molecule has 0 saturated carbocycles. The molecule has 2 unspecified atom stereocenters. The van der Waals surface area contributed by atoms with Crippen LogP contribution in [-0.2, 0) is 4.79 Å². The van der Waals surface area contributed by atoms with E-state index in [1.807, 2.05) is 12.1 Å². The lowest BCUT2D eigenvalue weighted by atomic mass is 10.1. The van der Waals surface area contributed by atoms with Gasteiger partial charge >= 0.3 is 0 Å². The SMILES string of the molecule is NC(=O)C1CCC(c2cccc(Br)c2)N1. The molecule has 15 heavy (non-hydrogen) atoms. The minimum Gasteiger partial charge on any atom is -0.368 e. The second kappa shape index (κ2) is 4.33. The third kappa shape index (κ3) is 2.38. The van der Waals surface area contributed by atoms with E-state index in [0.29, 0.717) is 0 Å². The molecule has 80 valence electrons. The van der Waals surface area contributed by atoms with Gasteiger partial charge in [-0.1, -0.05) is 28.1 Å². The third-order valence-electron chi connectivity index (χ3n) is 2.74. The summed E-state index contributed by atoms with van der Waals surface area (Å²) in [4.78, 5) is 11.0. The second-order valence-electron chi connectivity index (χ2n) is 3.81. The Morgan fingerprint density at radius 3 is 2.87 bits per heavy atom. The van der Waals surface area contributed by atoms with Gasteiger partial charge in [-0.15, -0.1) is 0 Å². The topological polar surface area (TPSA) is 55.1 Å². The zero-order valence-electron chi connectivity index (χ0n) is 8.24. The fourth-order valence-electron chi connectivity index (χ4n) is 1.95. The van der Waals surface area contributed by atoms with Gasteiger partial charge in [0, 0.05) is 10.5 Å². The summed E-state index contributed by atoms with van der Waals surface area (Å²) in [6.45, 7) is 0. The van der Waals surface area contributed by atoms with Gasteiger partial charge in [-0.2, -0.15) is 0 Å². The second-order valence-corrected chi connectivity index (χ2v) is 4.72. The Morgan fingerprint density at radius 2 is 2.27 bits per heavy atom. The maximum atomic E-state index is 11.0. The van der Waals surface area contributed by atoms with Gasteiger partial charge in [0.25, 0.3) is 0 Å². The average molecular weight is 269 g/mol. The van der Waals surface area contributed by atoms with Crippen LogP contribution in [0, 0.1) is 0 Å². The van der Waals surface area contributed by atoms with Crippen LogP contribution in [0.2, 0.25) is 0 Å². The average Bonchev–Trinajstić information content (AvgIpc) is 2.66. The van der Waals surface area contributed by atoms with Crippen LogP contribution >= 0.6 is 15.9 Å². The van der Waals surface area contributed by atoms with Crippen LogP contribution in [0.15, 0.2) is 28.7 Å². The van der Waals surface area contributed by atoms with Crippen molar-refractivity contribution in [2.75, 3.05) is 0 Å². The fourth-order valence-corrected chi connectivity index (χ4v) is 2.37. The standard InChI is InChI=1S/C11H13BrN2O/c12-8-3-1-2-7(6-8)9-4-5-10(14-9)11(13)15/h1-3,6,9-10,14H,4-5H2,(H2,13,15). The summed E-state index contributed by atoms with van der Waals surface area (Å²) in [7, 11) is 0. The molecule has 1 aliphatic heterocycles. The first-order valence-electron chi connectivity index (χ1n) is 4.97. The molecular weight excluding hydrogens is 256 g/mol. The van der Waals surface area contributed by atoms with Gasteiger partial charge in [0.15, 0.2) is 0 Å². The van der Waals surface area contributed by atoms with Crippen molar-refractivity contribution in [2.45, 2.75) is 24.9 Å². The maximum Gasteiger partial charge on any atom is 0.234 e. The number of rotatable bonds is 2. The van der Waals surface area contributed by atoms with Gasteiger partial charge in [0.05, 0.1) is 6.04 Å². The van der Waals surface area contributed by atoms with E-state index in [0.717, 1.165) is 17.3 Å². The summed E-state index contributed by atoms with van der Waals surface area (Å²) in [6.07, 6.45) is 1.79. The minimum atomic E-state index is -0.257. The fraction of sp³-hybridized carbons (Fsp3) is 0.364. The lowest BCUT2D eigenvalue weighted by Crippen LogP contribution is -2.37. The summed E-state index contributed by atoms with van der Waals surface area (Å²) in [5.74, 6) is -0.257. The minimum absolute atomic E-state index is 0.172. The molecule has 1 heterocycles. The van der Waals surface area contributed by atoms with Crippen LogP contribution in [0.3, 0.4) is 0 Å². The maximum absolute atomic E-state index is 11.0. The predicted molar refractivity (Wildman–Crippen MR) is 62.2 cm³/mol. The van der Waals surface area contributed by atoms with Crippen LogP contribution < -0.4 is 11.1 Å². The van der Waals surface area contributed by atoms with Crippen LogP contribution in [0.1, 0.15) is 24.4 Å². The molecule has 1 amide bonds. The zero-order valence-corrected chi connectivity index (χ0v) is 9.83. The molecule has 1 fully saturated rings. The number of carbonyl (C=O) groups is 1. The molecule has 1 aromatic carbocycles. The molecule has 0 bridgehead atoms. The van der Waals surface area contributed by atoms with Crippen molar-refractivity contribution in [3.63, 3.8) is 0 Å². The number of benzene rings is 1. The van der Waals surface area contributed by atoms with Gasteiger partial charge in [-0.05, 0) is 30.5 Å². The molecule has 3 nitrogen and oxygen atoms in total. The number of hydrogen-bond acceptors (Lipinski definition) is 2. The number of nitrogens with two attached hydrogens (primary N) is 1. The van der Waals surface area contributed by atoms with E-state index in [2.05, 4.69) is 33.4 Å². The molecule has 2 rings (SSSR count). The Balaban J connectivity index is 2.11.